The number of aliphatic carboxylic acids is 2. The fraction of sp³-hybridized carbons (Fsp3) is 0.222. The Morgan fingerprint density at radius 1 is 1.23 bits per heavy atom. The fourth-order valence-corrected chi connectivity index (χ4v) is 3.14. The molecule has 0 fully saturated rings. The van der Waals surface area contributed by atoms with Gasteiger partial charge in [0.15, 0.2) is 0 Å². The number of rotatable bonds is 5. The zero-order chi connectivity index (χ0) is 19.6. The number of nitrogens with zero attached hydrogens (tertiary/aromatic N) is 2. The first-order valence-corrected chi connectivity index (χ1v) is 7.54. The molecule has 0 unspecified atom stereocenters. The van der Waals surface area contributed by atoms with E-state index in [1.165, 1.54) is 43.0 Å². The molecule has 8 nitrogen and oxygen atoms in total. The summed E-state index contributed by atoms with van der Waals surface area (Å²) >= 11 is 0. The van der Waals surface area contributed by atoms with E-state index in [9.17, 15) is 29.9 Å². The molecule has 1 aromatic carbocycles. The van der Waals surface area contributed by atoms with Crippen molar-refractivity contribution in [3.63, 3.8) is 0 Å². The van der Waals surface area contributed by atoms with E-state index in [0.29, 0.717) is 11.4 Å². The van der Waals surface area contributed by atoms with E-state index in [4.69, 9.17) is 6.42 Å². The minimum atomic E-state index is -1.31. The van der Waals surface area contributed by atoms with Crippen molar-refractivity contribution in [2.24, 2.45) is 0 Å². The minimum Gasteiger partial charge on any atom is -0.478 e. The van der Waals surface area contributed by atoms with Crippen LogP contribution in [-0.2, 0) is 9.59 Å². The van der Waals surface area contributed by atoms with Gasteiger partial charge in [0.25, 0.3) is 5.69 Å². The van der Waals surface area contributed by atoms with Crippen molar-refractivity contribution in [2.75, 3.05) is 6.54 Å². The van der Waals surface area contributed by atoms with E-state index in [1.54, 1.807) is 0 Å². The van der Waals surface area contributed by atoms with Crippen LogP contribution in [0.15, 0.2) is 46.8 Å². The van der Waals surface area contributed by atoms with Crippen LogP contribution in [0.3, 0.4) is 0 Å². The Kier molecular flexibility index (Phi) is 5.12. The van der Waals surface area contributed by atoms with Gasteiger partial charge in [0.2, 0.25) is 0 Å². The summed E-state index contributed by atoms with van der Waals surface area (Å²) in [5, 5.41) is 30.5. The molecule has 134 valence electrons. The van der Waals surface area contributed by atoms with E-state index in [1.807, 2.05) is 0 Å². The number of nitro benzene ring substituents is 1. The molecule has 0 saturated heterocycles. The van der Waals surface area contributed by atoms with Crippen molar-refractivity contribution in [2.45, 2.75) is 19.8 Å². The summed E-state index contributed by atoms with van der Waals surface area (Å²) < 4.78 is 0. The number of terminal acetylenes is 1. The van der Waals surface area contributed by atoms with Gasteiger partial charge in [-0.1, -0.05) is 18.1 Å². The molecule has 0 radical (unpaired) electrons. The maximum atomic E-state index is 11.9. The van der Waals surface area contributed by atoms with E-state index in [2.05, 4.69) is 5.92 Å². The first kappa shape index (κ1) is 18.7. The van der Waals surface area contributed by atoms with E-state index >= 15 is 0 Å². The zero-order valence-corrected chi connectivity index (χ0v) is 14.1. The lowest BCUT2D eigenvalue weighted by molar-refractivity contribution is -0.384. The van der Waals surface area contributed by atoms with Gasteiger partial charge in [-0.3, -0.25) is 10.1 Å². The van der Waals surface area contributed by atoms with Crippen molar-refractivity contribution in [3.8, 4) is 12.3 Å². The van der Waals surface area contributed by atoms with Crippen LogP contribution >= 0.6 is 0 Å². The number of benzene rings is 1. The van der Waals surface area contributed by atoms with Gasteiger partial charge in [-0.25, -0.2) is 9.59 Å². The number of carboxylic acids is 2. The average molecular weight is 356 g/mol. The molecule has 0 spiro atoms. The molecule has 0 amide bonds. The molecule has 1 aliphatic rings. The Bertz CT molecular complexity index is 869. The quantitative estimate of drug-likeness (QED) is 0.472. The molecule has 1 heterocycles. The SMILES string of the molecule is C#CCN1C(C)=C(C(=O)O)C(c2cccc([N+](=O)[O-])c2)C(C(=O)O)=C1C. The Hall–Kier alpha value is -3.60. The summed E-state index contributed by atoms with van der Waals surface area (Å²) in [5.41, 5.74) is 0.211. The molecule has 1 aliphatic heterocycles. The highest BCUT2D eigenvalue weighted by atomic mass is 16.6. The Morgan fingerprint density at radius 2 is 1.77 bits per heavy atom. The van der Waals surface area contributed by atoms with Crippen molar-refractivity contribution < 1.29 is 24.7 Å². The van der Waals surface area contributed by atoms with Gasteiger partial charge in [0.05, 0.1) is 28.5 Å². The normalized spacial score (nSPS) is 15.0. The van der Waals surface area contributed by atoms with Gasteiger partial charge < -0.3 is 15.1 Å². The van der Waals surface area contributed by atoms with Crippen LogP contribution in [0.25, 0.3) is 0 Å². The molecule has 8 heteroatoms. The largest absolute Gasteiger partial charge is 0.478 e. The van der Waals surface area contributed by atoms with Crippen molar-refractivity contribution in [1.29, 1.82) is 0 Å². The third-order valence-electron chi connectivity index (χ3n) is 4.29. The van der Waals surface area contributed by atoms with Gasteiger partial charge in [-0.15, -0.1) is 6.42 Å². The van der Waals surface area contributed by atoms with Crippen LogP contribution < -0.4 is 0 Å². The number of hydrogen-bond donors (Lipinski definition) is 2. The molecule has 0 aliphatic carbocycles. The number of allylic oxidation sites excluding steroid dienone is 2. The lowest BCUT2D eigenvalue weighted by Gasteiger charge is -2.35. The second kappa shape index (κ2) is 7.11. The summed E-state index contributed by atoms with van der Waals surface area (Å²) in [6.07, 6.45) is 5.32. The molecule has 26 heavy (non-hydrogen) atoms. The second-order valence-electron chi connectivity index (χ2n) is 5.68. The third kappa shape index (κ3) is 3.15. The van der Waals surface area contributed by atoms with Crippen molar-refractivity contribution in [3.05, 3.63) is 62.5 Å². The molecule has 2 rings (SSSR count). The second-order valence-corrected chi connectivity index (χ2v) is 5.68. The molecule has 0 saturated carbocycles. The van der Waals surface area contributed by atoms with Crippen molar-refractivity contribution in [1.82, 2.24) is 4.90 Å². The summed E-state index contributed by atoms with van der Waals surface area (Å²) in [6.45, 7) is 3.08. The first-order valence-electron chi connectivity index (χ1n) is 7.54. The van der Waals surface area contributed by atoms with E-state index in [0.717, 1.165) is 0 Å². The summed E-state index contributed by atoms with van der Waals surface area (Å²) in [6, 6.07) is 5.31. The van der Waals surface area contributed by atoms with Gasteiger partial charge in [-0.2, -0.15) is 0 Å². The summed E-state index contributed by atoms with van der Waals surface area (Å²) in [4.78, 5) is 35.7. The van der Waals surface area contributed by atoms with Crippen molar-refractivity contribution >= 4 is 17.6 Å². The number of nitro groups is 1. The van der Waals surface area contributed by atoms with Crippen LogP contribution in [0.5, 0.6) is 0 Å². The van der Waals surface area contributed by atoms with Crippen LogP contribution in [0, 0.1) is 22.5 Å². The third-order valence-corrected chi connectivity index (χ3v) is 4.29. The molecule has 0 atom stereocenters. The highest BCUT2D eigenvalue weighted by molar-refractivity contribution is 5.98. The maximum Gasteiger partial charge on any atom is 0.334 e. The van der Waals surface area contributed by atoms with Crippen LogP contribution in [0.4, 0.5) is 5.69 Å². The molecule has 0 aromatic heterocycles. The lowest BCUT2D eigenvalue weighted by atomic mass is 9.79. The molecular formula is C18H16N2O6. The smallest absolute Gasteiger partial charge is 0.334 e. The minimum absolute atomic E-state index is 0.00683. The lowest BCUT2D eigenvalue weighted by Crippen LogP contribution is -2.34. The topological polar surface area (TPSA) is 121 Å². The predicted octanol–water partition coefficient (Wildman–Crippen LogP) is 2.34. The number of carboxylic acid groups (broad SMARTS) is 2. The number of non-ortho nitro benzene ring substituents is 1. The Balaban J connectivity index is 2.80. The standard InChI is InChI=1S/C18H16N2O6/c1-4-8-19-10(2)14(17(21)22)16(15(11(19)3)18(23)24)12-6-5-7-13(9-12)20(25)26/h1,5-7,9,16H,8H2,2-3H3,(H,21,22)(H,23,24). The molecular weight excluding hydrogens is 340 g/mol. The van der Waals surface area contributed by atoms with Gasteiger partial charge in [-0.05, 0) is 19.4 Å². The Labute approximate surface area is 149 Å². The molecule has 2 N–H and O–H groups in total. The maximum absolute atomic E-state index is 11.9. The van der Waals surface area contributed by atoms with Crippen LogP contribution in [0.2, 0.25) is 0 Å². The zero-order valence-electron chi connectivity index (χ0n) is 14.1. The Morgan fingerprint density at radius 3 is 2.19 bits per heavy atom. The summed E-state index contributed by atoms with van der Waals surface area (Å²) in [7, 11) is 0. The van der Waals surface area contributed by atoms with Gasteiger partial charge in [0, 0.05) is 23.5 Å². The first-order chi connectivity index (χ1) is 12.2. The molecule has 1 aromatic rings. The number of hydrogen-bond acceptors (Lipinski definition) is 5. The van der Waals surface area contributed by atoms with E-state index in [-0.39, 0.29) is 28.9 Å². The fourth-order valence-electron chi connectivity index (χ4n) is 3.14. The average Bonchev–Trinajstić information content (AvgIpc) is 2.57. The highest BCUT2D eigenvalue weighted by Gasteiger charge is 2.39. The van der Waals surface area contributed by atoms with Gasteiger partial charge in [0.1, 0.15) is 0 Å². The highest BCUT2D eigenvalue weighted by Crippen LogP contribution is 2.42. The number of carbonyl (C=O) groups is 2. The van der Waals surface area contributed by atoms with Crippen LogP contribution in [-0.4, -0.2) is 38.5 Å². The molecule has 0 bridgehead atoms. The van der Waals surface area contributed by atoms with Gasteiger partial charge >= 0.3 is 11.9 Å². The van der Waals surface area contributed by atoms with E-state index < -0.39 is 22.8 Å². The monoisotopic (exact) mass is 356 g/mol. The predicted molar refractivity (Wildman–Crippen MR) is 92.0 cm³/mol. The summed E-state index contributed by atoms with van der Waals surface area (Å²) in [5.74, 6) is -1.40. The van der Waals surface area contributed by atoms with Crippen LogP contribution in [0.1, 0.15) is 25.3 Å².